The van der Waals surface area contributed by atoms with E-state index < -0.39 is 15.6 Å². The first-order valence-electron chi connectivity index (χ1n) is 17.1. The van der Waals surface area contributed by atoms with Crippen molar-refractivity contribution in [1.82, 2.24) is 0 Å². The minimum Gasteiger partial charge on any atom is -0.407 e. The lowest BCUT2D eigenvalue weighted by molar-refractivity contribution is 0.0215. The molecule has 0 amide bonds. The molecule has 1 aliphatic heterocycles. The molecule has 2 unspecified atom stereocenters. The van der Waals surface area contributed by atoms with Gasteiger partial charge in [-0.3, -0.25) is 0 Å². The van der Waals surface area contributed by atoms with Crippen LogP contribution >= 0.6 is 7.26 Å². The van der Waals surface area contributed by atoms with E-state index in [9.17, 15) is 0 Å². The summed E-state index contributed by atoms with van der Waals surface area (Å²) in [6.07, 6.45) is 8.79. The van der Waals surface area contributed by atoms with Crippen LogP contribution in [0.25, 0.3) is 0 Å². The van der Waals surface area contributed by atoms with Crippen LogP contribution in [0, 0.1) is 0 Å². The second-order valence-electron chi connectivity index (χ2n) is 13.5. The van der Waals surface area contributed by atoms with Gasteiger partial charge in [-0.15, -0.1) is 0 Å². The van der Waals surface area contributed by atoms with Crippen LogP contribution in [0.15, 0.2) is 164 Å². The first kappa shape index (κ1) is 33.3. The van der Waals surface area contributed by atoms with E-state index in [2.05, 4.69) is 185 Å². The lowest BCUT2D eigenvalue weighted by Crippen LogP contribution is -2.66. The minimum atomic E-state index is -2.55. The van der Waals surface area contributed by atoms with Crippen LogP contribution in [-0.2, 0) is 9.16 Å². The molecule has 6 rings (SSSR count). The largest absolute Gasteiger partial charge is 0.407 e. The molecule has 4 heteroatoms. The molecule has 0 bridgehead atoms. The summed E-state index contributed by atoms with van der Waals surface area (Å²) in [5, 5.41) is 6.76. The Labute approximate surface area is 284 Å². The summed E-state index contributed by atoms with van der Waals surface area (Å²) < 4.78 is 14.3. The van der Waals surface area contributed by atoms with Crippen molar-refractivity contribution in [3.8, 4) is 0 Å². The van der Waals surface area contributed by atoms with Gasteiger partial charge in [-0.05, 0) is 71.1 Å². The molecule has 0 radical (unpaired) electrons. The van der Waals surface area contributed by atoms with Crippen LogP contribution in [0.2, 0.25) is 5.04 Å². The molecular weight excluding hydrogens is 608 g/mol. The standard InChI is InChI=1S/C43H48O2PSi/c1-43(2,3)47(40-30-15-7-16-31-40,41-32-17-8-18-33-41)44-35-20-19-22-36-23-21-34-42(45-36)46(37-24-9-4-10-25-37,38-26-11-5-12-27-38)39-28-13-6-14-29-39/h4-19,22,24-33,36,42H,20-21,23,34-35H2,1-3H3/q+1/b22-19-. The van der Waals surface area contributed by atoms with E-state index in [1.165, 1.54) is 26.3 Å². The van der Waals surface area contributed by atoms with Crippen molar-refractivity contribution in [3.63, 3.8) is 0 Å². The average molecular weight is 656 g/mol. The van der Waals surface area contributed by atoms with Crippen molar-refractivity contribution in [2.75, 3.05) is 6.61 Å². The van der Waals surface area contributed by atoms with Crippen molar-refractivity contribution in [2.45, 2.75) is 63.4 Å². The van der Waals surface area contributed by atoms with E-state index in [4.69, 9.17) is 9.16 Å². The Bertz CT molecular complexity index is 1550. The van der Waals surface area contributed by atoms with Crippen molar-refractivity contribution in [1.29, 1.82) is 0 Å². The zero-order valence-electron chi connectivity index (χ0n) is 28.0. The molecule has 2 nitrogen and oxygen atoms in total. The van der Waals surface area contributed by atoms with Gasteiger partial charge in [0.25, 0.3) is 8.32 Å². The maximum absolute atomic E-state index is 7.19. The highest BCUT2D eigenvalue weighted by Crippen LogP contribution is 2.62. The number of hydrogen-bond acceptors (Lipinski definition) is 2. The topological polar surface area (TPSA) is 18.5 Å². The summed E-state index contributed by atoms with van der Waals surface area (Å²) in [6, 6.07) is 55.2. The van der Waals surface area contributed by atoms with Gasteiger partial charge in [0.15, 0.2) is 5.85 Å². The third-order valence-electron chi connectivity index (χ3n) is 9.56. The molecule has 240 valence electrons. The molecule has 2 atom stereocenters. The number of benzene rings is 5. The fourth-order valence-corrected chi connectivity index (χ4v) is 16.8. The molecule has 1 saturated heterocycles. The lowest BCUT2D eigenvalue weighted by atomic mass is 10.1. The van der Waals surface area contributed by atoms with E-state index in [1.807, 2.05) is 0 Å². The predicted octanol–water partition coefficient (Wildman–Crippen LogP) is 8.40. The molecule has 5 aromatic rings. The van der Waals surface area contributed by atoms with E-state index in [0.717, 1.165) is 25.7 Å². The Morgan fingerprint density at radius 2 is 1.06 bits per heavy atom. The molecular formula is C43H48O2PSi+. The molecule has 47 heavy (non-hydrogen) atoms. The van der Waals surface area contributed by atoms with Gasteiger partial charge in [0, 0.05) is 13.0 Å². The highest BCUT2D eigenvalue weighted by molar-refractivity contribution is 7.96. The van der Waals surface area contributed by atoms with Gasteiger partial charge in [-0.25, -0.2) is 0 Å². The van der Waals surface area contributed by atoms with Crippen molar-refractivity contribution < 1.29 is 9.16 Å². The highest BCUT2D eigenvalue weighted by atomic mass is 31.2. The number of hydrogen-bond donors (Lipinski definition) is 0. The lowest BCUT2D eigenvalue weighted by Gasteiger charge is -2.43. The van der Waals surface area contributed by atoms with Crippen molar-refractivity contribution in [2.24, 2.45) is 0 Å². The molecule has 1 fully saturated rings. The maximum atomic E-state index is 7.19. The van der Waals surface area contributed by atoms with E-state index in [-0.39, 0.29) is 17.0 Å². The second kappa shape index (κ2) is 15.1. The zero-order chi connectivity index (χ0) is 32.6. The van der Waals surface area contributed by atoms with Gasteiger partial charge in [-0.1, -0.05) is 148 Å². The quantitative estimate of drug-likeness (QED) is 0.0616. The third-order valence-corrected chi connectivity index (χ3v) is 19.2. The third kappa shape index (κ3) is 6.87. The minimum absolute atomic E-state index is 0.0293. The smallest absolute Gasteiger partial charge is 0.261 e. The van der Waals surface area contributed by atoms with Crippen molar-refractivity contribution >= 4 is 41.9 Å². The first-order chi connectivity index (χ1) is 23.0. The fraction of sp³-hybridized carbons (Fsp3) is 0.256. The molecule has 1 heterocycles. The van der Waals surface area contributed by atoms with Gasteiger partial charge in [-0.2, -0.15) is 0 Å². The Balaban J connectivity index is 1.25. The molecule has 0 spiro atoms. The van der Waals surface area contributed by atoms with Gasteiger partial charge in [0.1, 0.15) is 23.2 Å². The summed E-state index contributed by atoms with van der Waals surface area (Å²) in [5.74, 6) is 0.103. The number of ether oxygens (including phenoxy) is 1. The fourth-order valence-electron chi connectivity index (χ4n) is 7.48. The van der Waals surface area contributed by atoms with Crippen LogP contribution in [0.5, 0.6) is 0 Å². The second-order valence-corrected chi connectivity index (χ2v) is 21.4. The molecule has 1 aliphatic rings. The SMILES string of the molecule is CC(C)(C)[Si](OCC/C=C\C1CCCC([P+](c2ccccc2)(c2ccccc2)c2ccccc2)O1)(c1ccccc1)c1ccccc1. The van der Waals surface area contributed by atoms with Crippen LogP contribution in [0.4, 0.5) is 0 Å². The van der Waals surface area contributed by atoms with Gasteiger partial charge < -0.3 is 9.16 Å². The molecule has 0 aromatic heterocycles. The molecule has 0 aliphatic carbocycles. The average Bonchev–Trinajstić information content (AvgIpc) is 3.12. The van der Waals surface area contributed by atoms with E-state index in [1.54, 1.807) is 0 Å². The summed E-state index contributed by atoms with van der Waals surface area (Å²) in [7, 11) is -4.64. The highest BCUT2D eigenvalue weighted by Gasteiger charge is 2.54. The van der Waals surface area contributed by atoms with E-state index >= 15 is 0 Å². The summed E-state index contributed by atoms with van der Waals surface area (Å²) >= 11 is 0. The Morgan fingerprint density at radius 1 is 0.638 bits per heavy atom. The van der Waals surface area contributed by atoms with Gasteiger partial charge >= 0.3 is 0 Å². The molecule has 5 aromatic carbocycles. The van der Waals surface area contributed by atoms with Gasteiger partial charge in [0.2, 0.25) is 0 Å². The number of rotatable bonds is 11. The van der Waals surface area contributed by atoms with E-state index in [0.29, 0.717) is 6.61 Å². The Morgan fingerprint density at radius 3 is 1.49 bits per heavy atom. The molecule has 0 saturated carbocycles. The Hall–Kier alpha value is -3.59. The summed E-state index contributed by atoms with van der Waals surface area (Å²) in [5.41, 5.74) is 0. The van der Waals surface area contributed by atoms with Crippen LogP contribution < -0.4 is 26.3 Å². The maximum Gasteiger partial charge on any atom is 0.261 e. The summed E-state index contributed by atoms with van der Waals surface area (Å²) in [4.78, 5) is 0. The zero-order valence-corrected chi connectivity index (χ0v) is 29.9. The van der Waals surface area contributed by atoms with Crippen LogP contribution in [-0.4, -0.2) is 26.9 Å². The van der Waals surface area contributed by atoms with Crippen molar-refractivity contribution in [3.05, 3.63) is 164 Å². The summed E-state index contributed by atoms with van der Waals surface area (Å²) in [6.45, 7) is 7.70. The van der Waals surface area contributed by atoms with Gasteiger partial charge in [0.05, 0.1) is 6.10 Å². The first-order valence-corrected chi connectivity index (χ1v) is 20.9. The monoisotopic (exact) mass is 655 g/mol. The molecule has 0 N–H and O–H groups in total. The predicted molar refractivity (Wildman–Crippen MR) is 205 cm³/mol. The van der Waals surface area contributed by atoms with Crippen LogP contribution in [0.3, 0.4) is 0 Å². The van der Waals surface area contributed by atoms with Crippen LogP contribution in [0.1, 0.15) is 46.5 Å². The normalized spacial score (nSPS) is 17.5. The Kier molecular flexibility index (Phi) is 10.7.